The molecule has 1 aromatic carbocycles. The van der Waals surface area contributed by atoms with Crippen LogP contribution < -0.4 is 4.90 Å². The number of piperazine rings is 1. The lowest BCUT2D eigenvalue weighted by Crippen LogP contribution is -2.49. The van der Waals surface area contributed by atoms with Crippen LogP contribution in [0.1, 0.15) is 12.0 Å². The number of amides is 1. The van der Waals surface area contributed by atoms with Crippen LogP contribution in [-0.2, 0) is 4.79 Å². The van der Waals surface area contributed by atoms with Crippen LogP contribution in [0.25, 0.3) is 21.3 Å². The molecule has 1 aliphatic rings. The summed E-state index contributed by atoms with van der Waals surface area (Å²) in [6.45, 7) is 4.99. The second-order valence-corrected chi connectivity index (χ2v) is 9.83. The van der Waals surface area contributed by atoms with Crippen molar-refractivity contribution in [3.63, 3.8) is 0 Å². The van der Waals surface area contributed by atoms with Gasteiger partial charge in [-0.2, -0.15) is 0 Å². The fourth-order valence-corrected chi connectivity index (χ4v) is 5.83. The van der Waals surface area contributed by atoms with Gasteiger partial charge in [0.05, 0.1) is 5.39 Å². The van der Waals surface area contributed by atoms with Gasteiger partial charge in [0.2, 0.25) is 11.9 Å². The summed E-state index contributed by atoms with van der Waals surface area (Å²) in [5, 5.41) is 4.17. The fraction of sp³-hybridized carbons (Fsp3) is 0.292. The van der Waals surface area contributed by atoms with Crippen molar-refractivity contribution in [1.82, 2.24) is 24.8 Å². The average molecular weight is 477 g/mol. The molecule has 5 rings (SSSR count). The highest BCUT2D eigenvalue weighted by Gasteiger charge is 2.22. The zero-order valence-corrected chi connectivity index (χ0v) is 20.0. The molecular weight excluding hydrogens is 452 g/mol. The van der Waals surface area contributed by atoms with E-state index >= 15 is 0 Å². The minimum atomic E-state index is 0.186. The fourth-order valence-electron chi connectivity index (χ4n) is 3.91. The van der Waals surface area contributed by atoms with E-state index in [0.717, 1.165) is 39.8 Å². The van der Waals surface area contributed by atoms with Crippen molar-refractivity contribution in [2.75, 3.05) is 36.8 Å². The number of hydrogen-bond acceptors (Lipinski definition) is 8. The molecule has 168 valence electrons. The van der Waals surface area contributed by atoms with Gasteiger partial charge in [-0.3, -0.25) is 4.79 Å². The summed E-state index contributed by atoms with van der Waals surface area (Å²) in [5.74, 6) is 1.61. The predicted molar refractivity (Wildman–Crippen MR) is 134 cm³/mol. The van der Waals surface area contributed by atoms with Crippen molar-refractivity contribution in [2.24, 2.45) is 0 Å². The number of aromatic nitrogens is 4. The van der Waals surface area contributed by atoms with Gasteiger partial charge in [0.15, 0.2) is 0 Å². The van der Waals surface area contributed by atoms with Crippen LogP contribution in [0.4, 0.5) is 5.95 Å². The first-order chi connectivity index (χ1) is 16.2. The van der Waals surface area contributed by atoms with Crippen LogP contribution in [0, 0.1) is 6.92 Å². The van der Waals surface area contributed by atoms with Gasteiger partial charge in [-0.25, -0.2) is 19.9 Å². The van der Waals surface area contributed by atoms with Gasteiger partial charge in [-0.05, 0) is 18.6 Å². The van der Waals surface area contributed by atoms with Gasteiger partial charge in [-0.1, -0.05) is 29.8 Å². The number of rotatable bonds is 6. The number of hydrogen-bond donors (Lipinski definition) is 0. The Labute approximate surface area is 200 Å². The smallest absolute Gasteiger partial charge is 0.225 e. The maximum Gasteiger partial charge on any atom is 0.225 e. The zero-order chi connectivity index (χ0) is 22.6. The standard InChI is InChI=1S/C24H24N6OS2/c1-17-3-5-18(6-4-17)19-15-33-23-21(19)22(27-16-28-23)32-14-7-20(31)29-10-12-30(13-11-29)24-25-8-2-9-26-24/h2-6,8-9,15-16H,7,10-14H2,1H3. The Kier molecular flexibility index (Phi) is 6.50. The maximum absolute atomic E-state index is 12.8. The second-order valence-electron chi connectivity index (χ2n) is 7.89. The molecule has 0 saturated carbocycles. The number of nitrogens with zero attached hydrogens (tertiary/aromatic N) is 6. The molecule has 0 bridgehead atoms. The minimum absolute atomic E-state index is 0.186. The summed E-state index contributed by atoms with van der Waals surface area (Å²) in [4.78, 5) is 35.5. The molecule has 3 aromatic heterocycles. The third kappa shape index (κ3) is 4.84. The molecule has 9 heteroatoms. The van der Waals surface area contributed by atoms with E-state index in [2.05, 4.69) is 61.4 Å². The molecule has 0 aliphatic carbocycles. The van der Waals surface area contributed by atoms with E-state index in [1.807, 2.05) is 11.0 Å². The predicted octanol–water partition coefficient (Wildman–Crippen LogP) is 4.29. The van der Waals surface area contributed by atoms with E-state index in [1.54, 1.807) is 41.8 Å². The molecule has 4 aromatic rings. The SMILES string of the molecule is Cc1ccc(-c2csc3ncnc(SCCC(=O)N4CCN(c5ncccn5)CC4)c23)cc1. The number of aryl methyl sites for hydroxylation is 1. The Morgan fingerprint density at radius 3 is 2.55 bits per heavy atom. The van der Waals surface area contributed by atoms with Crippen LogP contribution in [0.15, 0.2) is 59.5 Å². The van der Waals surface area contributed by atoms with E-state index < -0.39 is 0 Å². The lowest BCUT2D eigenvalue weighted by Gasteiger charge is -2.34. The number of carbonyl (C=O) groups excluding carboxylic acids is 1. The minimum Gasteiger partial charge on any atom is -0.339 e. The van der Waals surface area contributed by atoms with E-state index in [1.165, 1.54) is 11.1 Å². The number of fused-ring (bicyclic) bond motifs is 1. The maximum atomic E-state index is 12.8. The summed E-state index contributed by atoms with van der Waals surface area (Å²) < 4.78 is 0. The first-order valence-corrected chi connectivity index (χ1v) is 12.8. The van der Waals surface area contributed by atoms with Crippen LogP contribution in [0.2, 0.25) is 0 Å². The Balaban J connectivity index is 1.21. The topological polar surface area (TPSA) is 75.1 Å². The molecule has 0 atom stereocenters. The zero-order valence-electron chi connectivity index (χ0n) is 18.3. The number of thiophene rings is 1. The Bertz CT molecular complexity index is 1240. The molecule has 7 nitrogen and oxygen atoms in total. The number of benzene rings is 1. The van der Waals surface area contributed by atoms with E-state index in [9.17, 15) is 4.79 Å². The number of carbonyl (C=O) groups is 1. The lowest BCUT2D eigenvalue weighted by molar-refractivity contribution is -0.131. The largest absolute Gasteiger partial charge is 0.339 e. The van der Waals surface area contributed by atoms with Crippen molar-refractivity contribution < 1.29 is 4.79 Å². The van der Waals surface area contributed by atoms with Gasteiger partial charge in [0.25, 0.3) is 0 Å². The van der Waals surface area contributed by atoms with E-state index in [0.29, 0.717) is 25.3 Å². The molecule has 1 amide bonds. The molecule has 4 heterocycles. The summed E-state index contributed by atoms with van der Waals surface area (Å²) in [6.07, 6.45) is 5.60. The highest BCUT2D eigenvalue weighted by atomic mass is 32.2. The highest BCUT2D eigenvalue weighted by Crippen LogP contribution is 2.38. The third-order valence-corrected chi connectivity index (χ3v) is 7.60. The highest BCUT2D eigenvalue weighted by molar-refractivity contribution is 7.99. The van der Waals surface area contributed by atoms with Crippen molar-refractivity contribution in [3.8, 4) is 11.1 Å². The van der Waals surface area contributed by atoms with Crippen molar-refractivity contribution >= 4 is 45.2 Å². The molecule has 1 fully saturated rings. The third-order valence-electron chi connectivity index (χ3n) is 5.72. The van der Waals surface area contributed by atoms with Gasteiger partial charge >= 0.3 is 0 Å². The summed E-state index contributed by atoms with van der Waals surface area (Å²) in [6, 6.07) is 10.3. The number of anilines is 1. The van der Waals surface area contributed by atoms with Gasteiger partial charge in [0.1, 0.15) is 16.2 Å². The van der Waals surface area contributed by atoms with Gasteiger partial charge in [-0.15, -0.1) is 23.1 Å². The molecule has 1 aliphatic heterocycles. The molecule has 33 heavy (non-hydrogen) atoms. The van der Waals surface area contributed by atoms with Crippen molar-refractivity contribution in [1.29, 1.82) is 0 Å². The summed E-state index contributed by atoms with van der Waals surface area (Å²) in [5.41, 5.74) is 3.56. The molecule has 0 radical (unpaired) electrons. The van der Waals surface area contributed by atoms with Crippen molar-refractivity contribution in [3.05, 3.63) is 60.0 Å². The van der Waals surface area contributed by atoms with Crippen molar-refractivity contribution in [2.45, 2.75) is 18.4 Å². The lowest BCUT2D eigenvalue weighted by atomic mass is 10.1. The quantitative estimate of drug-likeness (QED) is 0.304. The molecule has 0 unspecified atom stereocenters. The van der Waals surface area contributed by atoms with Crippen LogP contribution in [0.3, 0.4) is 0 Å². The first kappa shape index (κ1) is 21.8. The van der Waals surface area contributed by atoms with Crippen LogP contribution in [-0.4, -0.2) is 62.7 Å². The monoisotopic (exact) mass is 476 g/mol. The molecular formula is C24H24N6OS2. The van der Waals surface area contributed by atoms with Crippen LogP contribution in [0.5, 0.6) is 0 Å². The van der Waals surface area contributed by atoms with E-state index in [-0.39, 0.29) is 5.91 Å². The Hall–Kier alpha value is -3.04. The normalized spacial score (nSPS) is 14.1. The molecule has 0 N–H and O–H groups in total. The van der Waals surface area contributed by atoms with Gasteiger partial charge in [0, 0.05) is 61.7 Å². The van der Waals surface area contributed by atoms with Crippen LogP contribution >= 0.6 is 23.1 Å². The summed E-state index contributed by atoms with van der Waals surface area (Å²) in [7, 11) is 0. The Morgan fingerprint density at radius 1 is 1.03 bits per heavy atom. The molecule has 1 saturated heterocycles. The summed E-state index contributed by atoms with van der Waals surface area (Å²) >= 11 is 3.27. The van der Waals surface area contributed by atoms with Gasteiger partial charge < -0.3 is 9.80 Å². The van der Waals surface area contributed by atoms with E-state index in [4.69, 9.17) is 0 Å². The Morgan fingerprint density at radius 2 is 1.79 bits per heavy atom. The first-order valence-electron chi connectivity index (χ1n) is 10.9. The number of thioether (sulfide) groups is 1. The average Bonchev–Trinajstić information content (AvgIpc) is 3.30. The second kappa shape index (κ2) is 9.84. The molecule has 0 spiro atoms.